The summed E-state index contributed by atoms with van der Waals surface area (Å²) in [6.07, 6.45) is 0.0383. The van der Waals surface area contributed by atoms with Crippen LogP contribution in [-0.2, 0) is 6.54 Å². The monoisotopic (exact) mass is 336 g/mol. The van der Waals surface area contributed by atoms with Gasteiger partial charge in [0.15, 0.2) is 0 Å². The molecule has 1 aromatic heterocycles. The number of amides is 2. The molecule has 2 N–H and O–H groups in total. The van der Waals surface area contributed by atoms with Gasteiger partial charge in [-0.25, -0.2) is 4.79 Å². The Balaban J connectivity index is 1.97. The van der Waals surface area contributed by atoms with Crippen LogP contribution in [0, 0.1) is 6.92 Å². The fourth-order valence-corrected chi connectivity index (χ4v) is 2.24. The topological polar surface area (TPSA) is 70.2 Å². The molecule has 0 unspecified atom stereocenters. The quantitative estimate of drug-likeness (QED) is 0.871. The highest BCUT2D eigenvalue weighted by atomic mass is 35.5. The molecule has 0 fully saturated rings. The van der Waals surface area contributed by atoms with Crippen molar-refractivity contribution < 1.29 is 9.53 Å². The van der Waals surface area contributed by atoms with Crippen molar-refractivity contribution in [3.05, 3.63) is 40.7 Å². The molecule has 0 spiro atoms. The number of hydrogen-bond acceptors (Lipinski definition) is 3. The van der Waals surface area contributed by atoms with E-state index in [9.17, 15) is 4.79 Å². The van der Waals surface area contributed by atoms with Gasteiger partial charge in [-0.15, -0.1) is 0 Å². The van der Waals surface area contributed by atoms with Crippen LogP contribution in [0.1, 0.15) is 25.2 Å². The first-order chi connectivity index (χ1) is 10.8. The summed E-state index contributed by atoms with van der Waals surface area (Å²) in [5, 5.41) is 10.2. The van der Waals surface area contributed by atoms with Crippen molar-refractivity contribution in [3.8, 4) is 5.75 Å². The second kappa shape index (κ2) is 7.37. The van der Waals surface area contributed by atoms with Gasteiger partial charge in [-0.3, -0.25) is 5.10 Å². The molecule has 0 saturated heterocycles. The lowest BCUT2D eigenvalue weighted by Gasteiger charge is -2.17. The summed E-state index contributed by atoms with van der Waals surface area (Å²) in [5.41, 5.74) is 2.38. The van der Waals surface area contributed by atoms with Crippen molar-refractivity contribution in [1.29, 1.82) is 0 Å². The number of aromatic amines is 1. The molecule has 7 heteroatoms. The van der Waals surface area contributed by atoms with Gasteiger partial charge >= 0.3 is 6.03 Å². The van der Waals surface area contributed by atoms with Crippen molar-refractivity contribution in [1.82, 2.24) is 15.1 Å². The standard InChI is InChI=1S/C16H21ClN4O2/c1-10(2)23-15-6-5-12(8-14(15)17)18-16(22)21(4)9-13-7-11(3)19-20-13/h5-8,10H,9H2,1-4H3,(H,18,22)(H,19,20). The van der Waals surface area contributed by atoms with E-state index in [4.69, 9.17) is 16.3 Å². The highest BCUT2D eigenvalue weighted by Crippen LogP contribution is 2.28. The number of rotatable bonds is 5. The summed E-state index contributed by atoms with van der Waals surface area (Å²) >= 11 is 6.16. The fraction of sp³-hybridized carbons (Fsp3) is 0.375. The third-order valence-corrected chi connectivity index (χ3v) is 3.35. The molecule has 2 aromatic rings. The Morgan fingerprint density at radius 3 is 2.74 bits per heavy atom. The average Bonchev–Trinajstić information content (AvgIpc) is 2.86. The molecule has 0 bridgehead atoms. The summed E-state index contributed by atoms with van der Waals surface area (Å²) in [6.45, 7) is 6.19. The Hall–Kier alpha value is -2.21. The second-order valence-electron chi connectivity index (χ2n) is 5.64. The maximum Gasteiger partial charge on any atom is 0.321 e. The van der Waals surface area contributed by atoms with E-state index in [2.05, 4.69) is 15.5 Å². The molecule has 0 aliphatic rings. The van der Waals surface area contributed by atoms with Gasteiger partial charge in [0.25, 0.3) is 0 Å². The lowest BCUT2D eigenvalue weighted by atomic mass is 10.3. The van der Waals surface area contributed by atoms with E-state index in [0.29, 0.717) is 23.0 Å². The third-order valence-electron chi connectivity index (χ3n) is 3.05. The van der Waals surface area contributed by atoms with Crippen molar-refractivity contribution in [2.24, 2.45) is 0 Å². The van der Waals surface area contributed by atoms with Gasteiger partial charge in [0.2, 0.25) is 0 Å². The zero-order chi connectivity index (χ0) is 17.0. The number of urea groups is 1. The van der Waals surface area contributed by atoms with Crippen LogP contribution in [0.5, 0.6) is 5.75 Å². The number of halogens is 1. The van der Waals surface area contributed by atoms with Crippen LogP contribution >= 0.6 is 11.6 Å². The molecule has 0 saturated carbocycles. The fourth-order valence-electron chi connectivity index (χ4n) is 2.02. The maximum atomic E-state index is 12.2. The second-order valence-corrected chi connectivity index (χ2v) is 6.05. The molecular weight excluding hydrogens is 316 g/mol. The van der Waals surface area contributed by atoms with Gasteiger partial charge in [-0.05, 0) is 45.0 Å². The van der Waals surface area contributed by atoms with Crippen LogP contribution in [0.25, 0.3) is 0 Å². The Bertz CT molecular complexity index is 684. The van der Waals surface area contributed by atoms with E-state index in [-0.39, 0.29) is 12.1 Å². The number of benzene rings is 1. The van der Waals surface area contributed by atoms with Gasteiger partial charge in [0.05, 0.1) is 23.4 Å². The Morgan fingerprint density at radius 2 is 2.17 bits per heavy atom. The summed E-state index contributed by atoms with van der Waals surface area (Å²) < 4.78 is 5.57. The first-order valence-electron chi connectivity index (χ1n) is 7.34. The molecule has 0 atom stereocenters. The van der Waals surface area contributed by atoms with Crippen LogP contribution in [0.4, 0.5) is 10.5 Å². The number of nitrogens with one attached hydrogen (secondary N) is 2. The molecule has 2 rings (SSSR count). The van der Waals surface area contributed by atoms with Gasteiger partial charge < -0.3 is 15.0 Å². The van der Waals surface area contributed by atoms with E-state index in [1.165, 1.54) is 0 Å². The van der Waals surface area contributed by atoms with E-state index < -0.39 is 0 Å². The van der Waals surface area contributed by atoms with Crippen LogP contribution < -0.4 is 10.1 Å². The number of ether oxygens (including phenoxy) is 1. The smallest absolute Gasteiger partial charge is 0.321 e. The van der Waals surface area contributed by atoms with Gasteiger partial charge in [-0.1, -0.05) is 11.6 Å². The molecule has 6 nitrogen and oxygen atoms in total. The van der Waals surface area contributed by atoms with E-state index in [1.54, 1.807) is 30.1 Å². The molecule has 1 heterocycles. The molecular formula is C16H21ClN4O2. The van der Waals surface area contributed by atoms with Gasteiger partial charge in [0.1, 0.15) is 5.75 Å². The Labute approximate surface area is 140 Å². The first kappa shape index (κ1) is 17.1. The highest BCUT2D eigenvalue weighted by Gasteiger charge is 2.12. The van der Waals surface area contributed by atoms with Crippen LogP contribution in [0.2, 0.25) is 5.02 Å². The van der Waals surface area contributed by atoms with E-state index in [1.807, 2.05) is 26.8 Å². The average molecular weight is 337 g/mol. The third kappa shape index (κ3) is 4.89. The molecule has 0 radical (unpaired) electrons. The number of carbonyl (C=O) groups excluding carboxylic acids is 1. The molecule has 2 amide bonds. The van der Waals surface area contributed by atoms with Crippen molar-refractivity contribution in [2.45, 2.75) is 33.4 Å². The van der Waals surface area contributed by atoms with Gasteiger partial charge in [0, 0.05) is 18.4 Å². The Morgan fingerprint density at radius 1 is 1.43 bits per heavy atom. The number of aromatic nitrogens is 2. The van der Waals surface area contributed by atoms with Crippen molar-refractivity contribution in [3.63, 3.8) is 0 Å². The summed E-state index contributed by atoms with van der Waals surface area (Å²) in [4.78, 5) is 13.7. The molecule has 23 heavy (non-hydrogen) atoms. The minimum absolute atomic E-state index is 0.0383. The predicted molar refractivity (Wildman–Crippen MR) is 91.0 cm³/mol. The number of hydrogen-bond donors (Lipinski definition) is 2. The highest BCUT2D eigenvalue weighted by molar-refractivity contribution is 6.32. The molecule has 0 aliphatic carbocycles. The van der Waals surface area contributed by atoms with E-state index in [0.717, 1.165) is 11.4 Å². The predicted octanol–water partition coefficient (Wildman–Crippen LogP) is 3.82. The number of nitrogens with zero attached hydrogens (tertiary/aromatic N) is 2. The minimum Gasteiger partial charge on any atom is -0.489 e. The molecule has 1 aromatic carbocycles. The lowest BCUT2D eigenvalue weighted by molar-refractivity contribution is 0.220. The van der Waals surface area contributed by atoms with Crippen LogP contribution in [-0.4, -0.2) is 34.3 Å². The first-order valence-corrected chi connectivity index (χ1v) is 7.72. The zero-order valence-electron chi connectivity index (χ0n) is 13.7. The SMILES string of the molecule is Cc1cc(CN(C)C(=O)Nc2ccc(OC(C)C)c(Cl)c2)n[nH]1. The van der Waals surface area contributed by atoms with Crippen LogP contribution in [0.15, 0.2) is 24.3 Å². The summed E-state index contributed by atoms with van der Waals surface area (Å²) in [6, 6.07) is 6.84. The normalized spacial score (nSPS) is 10.7. The maximum absolute atomic E-state index is 12.2. The van der Waals surface area contributed by atoms with Crippen molar-refractivity contribution >= 4 is 23.3 Å². The number of carbonyl (C=O) groups is 1. The number of anilines is 1. The molecule has 124 valence electrons. The summed E-state index contributed by atoms with van der Waals surface area (Å²) in [5.74, 6) is 0.597. The number of aryl methyl sites for hydroxylation is 1. The van der Waals surface area contributed by atoms with Crippen LogP contribution in [0.3, 0.4) is 0 Å². The van der Waals surface area contributed by atoms with Crippen molar-refractivity contribution in [2.75, 3.05) is 12.4 Å². The zero-order valence-corrected chi connectivity index (χ0v) is 14.4. The molecule has 0 aliphatic heterocycles. The lowest BCUT2D eigenvalue weighted by Crippen LogP contribution is -2.30. The Kier molecular flexibility index (Phi) is 5.50. The van der Waals surface area contributed by atoms with Gasteiger partial charge in [-0.2, -0.15) is 5.10 Å². The number of H-pyrrole nitrogens is 1. The summed E-state index contributed by atoms with van der Waals surface area (Å²) in [7, 11) is 1.71. The van der Waals surface area contributed by atoms with E-state index >= 15 is 0 Å². The minimum atomic E-state index is -0.237. The largest absolute Gasteiger partial charge is 0.489 e.